The minimum Gasteiger partial charge on any atom is -0.207 e. The summed E-state index contributed by atoms with van der Waals surface area (Å²) in [6.45, 7) is 0. The van der Waals surface area contributed by atoms with Crippen molar-refractivity contribution >= 4 is 53.9 Å². The number of hydrogen-bond acceptors (Lipinski definition) is 0. The average Bonchev–Trinajstić information content (AvgIpc) is 2.96. The van der Waals surface area contributed by atoms with E-state index in [1.165, 1.54) is 0 Å². The van der Waals surface area contributed by atoms with Crippen LogP contribution in [0.25, 0.3) is 76.1 Å². The normalized spacial score (nSPS) is 12.0. The van der Waals surface area contributed by atoms with E-state index in [2.05, 4.69) is 12.1 Å². The largest absolute Gasteiger partial charge is 0.207 e. The molecule has 0 heterocycles. The molecule has 8 aromatic carbocycles. The van der Waals surface area contributed by atoms with Gasteiger partial charge in [-0.05, 0) is 113 Å². The fourth-order valence-corrected chi connectivity index (χ4v) is 6.39. The van der Waals surface area contributed by atoms with Crippen LogP contribution in [0.4, 0.5) is 17.6 Å². The Labute approximate surface area is 226 Å². The van der Waals surface area contributed by atoms with Gasteiger partial charge in [-0.2, -0.15) is 0 Å². The minimum absolute atomic E-state index is 0.259. The molecular formula is C36H18F4. The second kappa shape index (κ2) is 8.27. The average molecular weight is 527 g/mol. The predicted molar refractivity (Wildman–Crippen MR) is 156 cm³/mol. The van der Waals surface area contributed by atoms with Gasteiger partial charge >= 0.3 is 0 Å². The van der Waals surface area contributed by atoms with Crippen LogP contribution in [0.3, 0.4) is 0 Å². The molecule has 0 aromatic heterocycles. The molecule has 8 aromatic rings. The summed E-state index contributed by atoms with van der Waals surface area (Å²) in [7, 11) is 0. The SMILES string of the molecule is Fc1cc2ccc3cc(-c4c5ccccc5c(-c5cc(F)c(F)c(F)c5)c5ccccc45)cc4ccc(c1)c2c34. The zero-order valence-corrected chi connectivity index (χ0v) is 20.9. The number of fused-ring (bicyclic) bond motifs is 2. The van der Waals surface area contributed by atoms with Gasteiger partial charge in [-0.3, -0.25) is 0 Å². The summed E-state index contributed by atoms with van der Waals surface area (Å²) in [6.07, 6.45) is 0. The highest BCUT2D eigenvalue weighted by Crippen LogP contribution is 2.46. The minimum atomic E-state index is -1.48. The Bertz CT molecular complexity index is 2170. The Morgan fingerprint density at radius 3 is 1.12 bits per heavy atom. The maximum Gasteiger partial charge on any atom is 0.194 e. The highest BCUT2D eigenvalue weighted by Gasteiger charge is 2.20. The molecule has 0 saturated heterocycles. The molecule has 0 atom stereocenters. The molecule has 8 rings (SSSR count). The quantitative estimate of drug-likeness (QED) is 0.0910. The molecule has 0 aliphatic rings. The van der Waals surface area contributed by atoms with E-state index in [1.54, 1.807) is 12.1 Å². The lowest BCUT2D eigenvalue weighted by Gasteiger charge is -2.19. The van der Waals surface area contributed by atoms with Crippen LogP contribution in [0, 0.1) is 23.3 Å². The topological polar surface area (TPSA) is 0 Å². The van der Waals surface area contributed by atoms with Crippen molar-refractivity contribution in [2.75, 3.05) is 0 Å². The van der Waals surface area contributed by atoms with Crippen LogP contribution < -0.4 is 0 Å². The third kappa shape index (κ3) is 3.19. The summed E-state index contributed by atoms with van der Waals surface area (Å²) in [5, 5.41) is 9.36. The lowest BCUT2D eigenvalue weighted by Crippen LogP contribution is -1.95. The first-order valence-electron chi connectivity index (χ1n) is 12.9. The van der Waals surface area contributed by atoms with Gasteiger partial charge in [0.05, 0.1) is 0 Å². The number of rotatable bonds is 2. The molecule has 0 saturated carbocycles. The van der Waals surface area contributed by atoms with Crippen molar-refractivity contribution in [1.29, 1.82) is 0 Å². The van der Waals surface area contributed by atoms with Gasteiger partial charge in [-0.25, -0.2) is 17.6 Å². The van der Waals surface area contributed by atoms with Gasteiger partial charge in [-0.1, -0.05) is 72.8 Å². The highest BCUT2D eigenvalue weighted by molar-refractivity contribution is 6.26. The first kappa shape index (κ1) is 23.0. The maximum absolute atomic E-state index is 14.4. The molecular weight excluding hydrogens is 508 g/mol. The van der Waals surface area contributed by atoms with E-state index in [4.69, 9.17) is 0 Å². The van der Waals surface area contributed by atoms with Crippen molar-refractivity contribution in [2.24, 2.45) is 0 Å². The summed E-state index contributed by atoms with van der Waals surface area (Å²) in [5.74, 6) is -4.19. The van der Waals surface area contributed by atoms with E-state index < -0.39 is 17.5 Å². The monoisotopic (exact) mass is 526 g/mol. The molecule has 0 aliphatic heterocycles. The van der Waals surface area contributed by atoms with Gasteiger partial charge in [0.2, 0.25) is 0 Å². The van der Waals surface area contributed by atoms with Gasteiger partial charge < -0.3 is 0 Å². The molecule has 0 amide bonds. The second-order valence-corrected chi connectivity index (χ2v) is 10.3. The van der Waals surface area contributed by atoms with E-state index >= 15 is 0 Å². The van der Waals surface area contributed by atoms with Crippen molar-refractivity contribution < 1.29 is 17.6 Å². The van der Waals surface area contributed by atoms with Crippen molar-refractivity contribution in [3.8, 4) is 22.3 Å². The third-order valence-corrected chi connectivity index (χ3v) is 7.99. The van der Waals surface area contributed by atoms with E-state index in [0.29, 0.717) is 5.56 Å². The van der Waals surface area contributed by atoms with Gasteiger partial charge in [0.1, 0.15) is 5.82 Å². The first-order valence-corrected chi connectivity index (χ1v) is 12.9. The van der Waals surface area contributed by atoms with Gasteiger partial charge in [0, 0.05) is 0 Å². The van der Waals surface area contributed by atoms with Gasteiger partial charge in [0.15, 0.2) is 17.5 Å². The van der Waals surface area contributed by atoms with Crippen molar-refractivity contribution in [1.82, 2.24) is 0 Å². The zero-order valence-electron chi connectivity index (χ0n) is 20.9. The molecule has 40 heavy (non-hydrogen) atoms. The Morgan fingerprint density at radius 2 is 0.725 bits per heavy atom. The molecule has 0 fully saturated rings. The van der Waals surface area contributed by atoms with Crippen molar-refractivity contribution in [3.63, 3.8) is 0 Å². The predicted octanol–water partition coefficient (Wildman–Crippen LogP) is 10.8. The Kier molecular flexibility index (Phi) is 4.75. The van der Waals surface area contributed by atoms with Crippen LogP contribution in [-0.2, 0) is 0 Å². The second-order valence-electron chi connectivity index (χ2n) is 10.3. The van der Waals surface area contributed by atoms with Gasteiger partial charge in [-0.15, -0.1) is 0 Å². The fraction of sp³-hybridized carbons (Fsp3) is 0. The summed E-state index contributed by atoms with van der Waals surface area (Å²) in [4.78, 5) is 0. The molecule has 0 radical (unpaired) electrons. The lowest BCUT2D eigenvalue weighted by molar-refractivity contribution is 0.448. The van der Waals surface area contributed by atoms with Crippen molar-refractivity contribution in [2.45, 2.75) is 0 Å². The molecule has 0 nitrogen and oxygen atoms in total. The third-order valence-electron chi connectivity index (χ3n) is 7.99. The molecule has 0 spiro atoms. The number of hydrogen-bond donors (Lipinski definition) is 0. The Hall–Kier alpha value is -4.96. The van der Waals surface area contributed by atoms with Crippen LogP contribution in [-0.4, -0.2) is 0 Å². The van der Waals surface area contributed by atoms with Crippen LogP contribution >= 0.6 is 0 Å². The van der Waals surface area contributed by atoms with Crippen LogP contribution in [0.1, 0.15) is 0 Å². The van der Waals surface area contributed by atoms with Gasteiger partial charge in [0.25, 0.3) is 0 Å². The molecule has 0 N–H and O–H groups in total. The first-order chi connectivity index (χ1) is 19.5. The maximum atomic E-state index is 14.4. The molecule has 0 bridgehead atoms. The summed E-state index contributed by atoms with van der Waals surface area (Å²) >= 11 is 0. The molecule has 0 unspecified atom stereocenters. The van der Waals surface area contributed by atoms with E-state index in [0.717, 1.165) is 77.1 Å². The molecule has 0 aliphatic carbocycles. The smallest absolute Gasteiger partial charge is 0.194 e. The van der Waals surface area contributed by atoms with E-state index in [-0.39, 0.29) is 11.4 Å². The number of halogens is 4. The zero-order chi connectivity index (χ0) is 27.1. The highest BCUT2D eigenvalue weighted by atomic mass is 19.2. The van der Waals surface area contributed by atoms with Crippen LogP contribution in [0.15, 0.2) is 109 Å². The van der Waals surface area contributed by atoms with Crippen LogP contribution in [0.5, 0.6) is 0 Å². The molecule has 4 heteroatoms. The summed E-state index contributed by atoms with van der Waals surface area (Å²) < 4.78 is 56.9. The van der Waals surface area contributed by atoms with E-state index in [1.807, 2.05) is 72.8 Å². The summed E-state index contributed by atoms with van der Waals surface area (Å²) in [5.41, 5.74) is 2.91. The molecule has 190 valence electrons. The van der Waals surface area contributed by atoms with E-state index in [9.17, 15) is 17.6 Å². The lowest BCUT2D eigenvalue weighted by atomic mass is 9.84. The standard InChI is InChI=1S/C36H18F4/c37-25-15-21-11-9-19-13-23(14-20-10-12-22(16-25)33(21)32(19)20)34-26-5-1-3-7-28(26)35(29-8-4-2-6-27(29)34)24-17-30(38)36(40)31(39)18-24/h1-18H. The number of benzene rings is 8. The van der Waals surface area contributed by atoms with Crippen LogP contribution in [0.2, 0.25) is 0 Å². The Morgan fingerprint density at radius 1 is 0.375 bits per heavy atom. The fourth-order valence-electron chi connectivity index (χ4n) is 6.39. The Balaban J connectivity index is 1.50. The van der Waals surface area contributed by atoms with Crippen molar-refractivity contribution in [3.05, 3.63) is 132 Å². The summed E-state index contributed by atoms with van der Waals surface area (Å²) in [6, 6.07) is 33.0.